The maximum Gasteiger partial charge on any atom is 0.133 e. The minimum atomic E-state index is 0.0835. The smallest absolute Gasteiger partial charge is 0.133 e. The molecule has 3 N–H and O–H groups in total. The average Bonchev–Trinajstić information content (AvgIpc) is 2.75. The average molecular weight is 282 g/mol. The number of nitrogens with two attached hydrogens (primary N) is 1. The second-order valence-electron chi connectivity index (χ2n) is 6.10. The van der Waals surface area contributed by atoms with Crippen molar-refractivity contribution in [1.29, 1.82) is 0 Å². The van der Waals surface area contributed by atoms with Crippen LogP contribution < -0.4 is 11.1 Å². The van der Waals surface area contributed by atoms with Gasteiger partial charge in [0.15, 0.2) is 0 Å². The van der Waals surface area contributed by atoms with E-state index >= 15 is 0 Å². The minimum Gasteiger partial charge on any atom is -0.362 e. The summed E-state index contributed by atoms with van der Waals surface area (Å²) < 4.78 is 0. The first-order valence-electron chi connectivity index (χ1n) is 7.50. The van der Waals surface area contributed by atoms with Crippen LogP contribution in [0.1, 0.15) is 48.5 Å². The van der Waals surface area contributed by atoms with E-state index in [9.17, 15) is 0 Å². The van der Waals surface area contributed by atoms with E-state index in [-0.39, 0.29) is 12.1 Å². The van der Waals surface area contributed by atoms with Crippen LogP contribution in [-0.2, 0) is 6.42 Å². The predicted octanol–water partition coefficient (Wildman–Crippen LogP) is 2.95. The summed E-state index contributed by atoms with van der Waals surface area (Å²) in [6, 6.07) is 10.6. The van der Waals surface area contributed by atoms with Crippen molar-refractivity contribution in [2.75, 3.05) is 5.32 Å². The molecular weight excluding hydrogens is 260 g/mol. The second kappa shape index (κ2) is 5.45. The lowest BCUT2D eigenvalue weighted by Gasteiger charge is -2.20. The SMILES string of the molecule is Cc1cc(NC2c3ccccc3CC2N)nc(C(C)C)n1. The molecule has 0 spiro atoms. The fraction of sp³-hybridized carbons (Fsp3) is 0.412. The van der Waals surface area contributed by atoms with Gasteiger partial charge in [0.05, 0.1) is 6.04 Å². The first-order chi connectivity index (χ1) is 10.0. The molecule has 1 aromatic carbocycles. The molecule has 0 aliphatic heterocycles. The van der Waals surface area contributed by atoms with Crippen LogP contribution in [0.25, 0.3) is 0 Å². The van der Waals surface area contributed by atoms with Gasteiger partial charge in [-0.25, -0.2) is 9.97 Å². The van der Waals surface area contributed by atoms with Crippen molar-refractivity contribution < 1.29 is 0 Å². The fourth-order valence-corrected chi connectivity index (χ4v) is 2.89. The number of anilines is 1. The van der Waals surface area contributed by atoms with Gasteiger partial charge in [-0.05, 0) is 24.5 Å². The maximum atomic E-state index is 6.31. The Balaban J connectivity index is 1.90. The molecule has 110 valence electrons. The molecule has 0 fully saturated rings. The van der Waals surface area contributed by atoms with E-state index in [1.54, 1.807) is 0 Å². The predicted molar refractivity (Wildman–Crippen MR) is 85.3 cm³/mol. The molecule has 0 saturated heterocycles. The molecule has 2 aromatic rings. The highest BCUT2D eigenvalue weighted by Gasteiger charge is 2.29. The Kier molecular flexibility index (Phi) is 3.64. The molecule has 1 aliphatic carbocycles. The van der Waals surface area contributed by atoms with Gasteiger partial charge in [0, 0.05) is 23.7 Å². The van der Waals surface area contributed by atoms with Crippen LogP contribution >= 0.6 is 0 Å². The zero-order valence-electron chi connectivity index (χ0n) is 12.8. The largest absolute Gasteiger partial charge is 0.362 e. The number of nitrogens with one attached hydrogen (secondary N) is 1. The van der Waals surface area contributed by atoms with Crippen molar-refractivity contribution in [3.63, 3.8) is 0 Å². The molecule has 3 rings (SSSR count). The number of hydrogen-bond donors (Lipinski definition) is 2. The van der Waals surface area contributed by atoms with Crippen molar-refractivity contribution in [2.24, 2.45) is 5.73 Å². The topological polar surface area (TPSA) is 63.8 Å². The summed E-state index contributed by atoms with van der Waals surface area (Å²) in [4.78, 5) is 9.12. The summed E-state index contributed by atoms with van der Waals surface area (Å²) in [5.41, 5.74) is 9.91. The van der Waals surface area contributed by atoms with E-state index in [0.717, 1.165) is 23.8 Å². The lowest BCUT2D eigenvalue weighted by atomic mass is 10.1. The van der Waals surface area contributed by atoms with E-state index in [1.165, 1.54) is 11.1 Å². The van der Waals surface area contributed by atoms with Gasteiger partial charge in [0.1, 0.15) is 11.6 Å². The number of rotatable bonds is 3. The zero-order chi connectivity index (χ0) is 15.0. The summed E-state index contributed by atoms with van der Waals surface area (Å²) in [5.74, 6) is 2.05. The first-order valence-corrected chi connectivity index (χ1v) is 7.50. The summed E-state index contributed by atoms with van der Waals surface area (Å²) in [6.45, 7) is 6.21. The molecule has 1 aliphatic rings. The normalized spacial score (nSPS) is 20.6. The molecule has 0 amide bonds. The van der Waals surface area contributed by atoms with Gasteiger partial charge in [-0.15, -0.1) is 0 Å². The molecule has 21 heavy (non-hydrogen) atoms. The molecule has 1 heterocycles. The van der Waals surface area contributed by atoms with Gasteiger partial charge in [-0.3, -0.25) is 0 Å². The van der Waals surface area contributed by atoms with Crippen LogP contribution in [0.5, 0.6) is 0 Å². The standard InChI is InChI=1S/C17H22N4/c1-10(2)17-19-11(3)8-15(21-17)20-16-13-7-5-4-6-12(13)9-14(16)18/h4-8,10,14,16H,9,18H2,1-3H3,(H,19,20,21). The van der Waals surface area contributed by atoms with E-state index in [4.69, 9.17) is 5.73 Å². The number of nitrogens with zero attached hydrogens (tertiary/aromatic N) is 2. The summed E-state index contributed by atoms with van der Waals surface area (Å²) >= 11 is 0. The Labute approximate surface area is 125 Å². The third kappa shape index (κ3) is 2.76. The lowest BCUT2D eigenvalue weighted by molar-refractivity contribution is 0.622. The van der Waals surface area contributed by atoms with Crippen molar-refractivity contribution in [3.8, 4) is 0 Å². The van der Waals surface area contributed by atoms with Crippen molar-refractivity contribution in [2.45, 2.75) is 45.2 Å². The fourth-order valence-electron chi connectivity index (χ4n) is 2.89. The number of hydrogen-bond acceptors (Lipinski definition) is 4. The number of aryl methyl sites for hydroxylation is 1. The molecule has 2 unspecified atom stereocenters. The highest BCUT2D eigenvalue weighted by atomic mass is 15.1. The van der Waals surface area contributed by atoms with Crippen LogP contribution in [-0.4, -0.2) is 16.0 Å². The van der Waals surface area contributed by atoms with Crippen molar-refractivity contribution in [1.82, 2.24) is 9.97 Å². The third-order valence-electron chi connectivity index (χ3n) is 3.97. The van der Waals surface area contributed by atoms with Crippen LogP contribution in [0.15, 0.2) is 30.3 Å². The molecule has 4 heteroatoms. The number of benzene rings is 1. The minimum absolute atomic E-state index is 0.0835. The molecule has 0 saturated carbocycles. The summed E-state index contributed by atoms with van der Waals surface area (Å²) in [7, 11) is 0. The molecule has 0 bridgehead atoms. The van der Waals surface area contributed by atoms with Crippen LogP contribution in [0.3, 0.4) is 0 Å². The monoisotopic (exact) mass is 282 g/mol. The van der Waals surface area contributed by atoms with Gasteiger partial charge in [-0.1, -0.05) is 38.1 Å². The Morgan fingerprint density at radius 2 is 2.00 bits per heavy atom. The molecular formula is C17H22N4. The Hall–Kier alpha value is -1.94. The van der Waals surface area contributed by atoms with E-state index in [1.807, 2.05) is 13.0 Å². The van der Waals surface area contributed by atoms with Gasteiger partial charge >= 0.3 is 0 Å². The first kappa shape index (κ1) is 14.0. The van der Waals surface area contributed by atoms with Crippen LogP contribution in [0, 0.1) is 6.92 Å². The number of fused-ring (bicyclic) bond motifs is 1. The highest BCUT2D eigenvalue weighted by molar-refractivity contribution is 5.46. The van der Waals surface area contributed by atoms with Gasteiger partial charge in [0.2, 0.25) is 0 Å². The van der Waals surface area contributed by atoms with E-state index in [0.29, 0.717) is 5.92 Å². The summed E-state index contributed by atoms with van der Waals surface area (Å²) in [5, 5.41) is 3.51. The van der Waals surface area contributed by atoms with Crippen molar-refractivity contribution >= 4 is 5.82 Å². The zero-order valence-corrected chi connectivity index (χ0v) is 12.8. The van der Waals surface area contributed by atoms with Gasteiger partial charge in [0.25, 0.3) is 0 Å². The maximum absolute atomic E-state index is 6.31. The van der Waals surface area contributed by atoms with E-state index in [2.05, 4.69) is 53.4 Å². The lowest BCUT2D eigenvalue weighted by Crippen LogP contribution is -2.30. The molecule has 2 atom stereocenters. The van der Waals surface area contributed by atoms with Gasteiger partial charge < -0.3 is 11.1 Å². The number of aromatic nitrogens is 2. The third-order valence-corrected chi connectivity index (χ3v) is 3.97. The highest BCUT2D eigenvalue weighted by Crippen LogP contribution is 2.32. The van der Waals surface area contributed by atoms with Crippen LogP contribution in [0.2, 0.25) is 0 Å². The Bertz CT molecular complexity index is 651. The Morgan fingerprint density at radius 3 is 2.76 bits per heavy atom. The van der Waals surface area contributed by atoms with E-state index < -0.39 is 0 Å². The van der Waals surface area contributed by atoms with Crippen LogP contribution in [0.4, 0.5) is 5.82 Å². The van der Waals surface area contributed by atoms with Crippen molar-refractivity contribution in [3.05, 3.63) is 53.0 Å². The second-order valence-corrected chi connectivity index (χ2v) is 6.10. The Morgan fingerprint density at radius 1 is 1.24 bits per heavy atom. The molecule has 1 aromatic heterocycles. The van der Waals surface area contributed by atoms with Gasteiger partial charge in [-0.2, -0.15) is 0 Å². The quantitative estimate of drug-likeness (QED) is 0.908. The molecule has 4 nitrogen and oxygen atoms in total. The summed E-state index contributed by atoms with van der Waals surface area (Å²) in [6.07, 6.45) is 0.912. The molecule has 0 radical (unpaired) electrons.